The Morgan fingerprint density at radius 3 is 1.56 bits per heavy atom. The number of ether oxygens (including phenoxy) is 1. The average molecular weight is 820 g/mol. The second-order valence-corrected chi connectivity index (χ2v) is 15.9. The van der Waals surface area contributed by atoms with E-state index in [0.717, 1.165) is 70.6 Å². The van der Waals surface area contributed by atoms with Crippen molar-refractivity contribution in [3.63, 3.8) is 0 Å². The predicted molar refractivity (Wildman–Crippen MR) is 254 cm³/mol. The number of carbonyl (C=O) groups is 2. The number of aliphatic hydroxyl groups excluding tert-OH is 2. The van der Waals surface area contributed by atoms with Crippen LogP contribution in [0.5, 0.6) is 0 Å². The van der Waals surface area contributed by atoms with E-state index in [1.54, 1.807) is 0 Å². The maximum absolute atomic E-state index is 13.1. The Kier molecular flexibility index (Phi) is 43.4. The Balaban J connectivity index is 4.68. The summed E-state index contributed by atoms with van der Waals surface area (Å²) in [4.78, 5) is 26.0. The fraction of sp³-hybridized carbons (Fsp3) is 0.660. The smallest absolute Gasteiger partial charge is 0.306 e. The van der Waals surface area contributed by atoms with Gasteiger partial charge in [-0.25, -0.2) is 0 Å². The van der Waals surface area contributed by atoms with Crippen LogP contribution in [0.25, 0.3) is 0 Å². The molecule has 0 aliphatic rings. The molecule has 1 amide bonds. The first-order chi connectivity index (χ1) is 29.0. The van der Waals surface area contributed by atoms with Gasteiger partial charge < -0.3 is 20.3 Å². The van der Waals surface area contributed by atoms with Gasteiger partial charge in [-0.1, -0.05) is 221 Å². The summed E-state index contributed by atoms with van der Waals surface area (Å²) in [6.07, 6.45) is 60.6. The zero-order chi connectivity index (χ0) is 43.1. The van der Waals surface area contributed by atoms with Crippen molar-refractivity contribution >= 4 is 11.9 Å². The van der Waals surface area contributed by atoms with Crippen LogP contribution in [0.2, 0.25) is 0 Å². The van der Waals surface area contributed by atoms with Crippen LogP contribution in [0, 0.1) is 0 Å². The molecule has 0 aliphatic carbocycles. The van der Waals surface area contributed by atoms with Gasteiger partial charge in [-0.2, -0.15) is 0 Å². The summed E-state index contributed by atoms with van der Waals surface area (Å²) in [6.45, 7) is 6.23. The van der Waals surface area contributed by atoms with Crippen LogP contribution in [0.15, 0.2) is 97.2 Å². The molecule has 59 heavy (non-hydrogen) atoms. The molecule has 3 unspecified atom stereocenters. The second kappa shape index (κ2) is 45.9. The Labute approximate surface area is 363 Å². The number of unbranched alkanes of at least 4 members (excludes halogenated alkanes) is 18. The number of allylic oxidation sites excluding steroid dienone is 15. The number of carbonyl (C=O) groups excluding carboxylic acids is 2. The standard InChI is InChI=1S/C53H89NO5/c1-4-7-10-13-16-19-22-23-24-25-26-27-28-29-31-34-37-40-43-46-53(58)59-49(44-41-38-35-32-30-20-17-14-11-8-5-2)47-52(57)54-50(48-55)51(56)45-42-39-36-33-21-18-15-12-9-6-3/h8,11,14,16-17,19-20,23-24,26-27,30,32,35,38,41,49-51,55-56H,4-7,9-10,12-13,15,18,21-22,25,28-29,31,33-34,36-37,39-40,42-48H2,1-3H3,(H,54,57)/b11-8+,17-14+,19-16-,24-23-,27-26-,30-20-,35-32-,41-38+. The number of rotatable bonds is 41. The topological polar surface area (TPSA) is 95.9 Å². The molecular formula is C53H89NO5. The third kappa shape index (κ3) is 41.3. The van der Waals surface area contributed by atoms with Crippen molar-refractivity contribution in [1.82, 2.24) is 5.32 Å². The van der Waals surface area contributed by atoms with Crippen molar-refractivity contribution in [1.29, 1.82) is 0 Å². The SMILES string of the molecule is CC/C=C/C=C/C=C\C=C/C=C/CC(CC(=O)NC(CO)C(O)CCCCCCCCCCCC)OC(=O)CCCCCCCC/C=C\C/C=C\C/C=C\CCCCC. The van der Waals surface area contributed by atoms with Crippen LogP contribution < -0.4 is 5.32 Å². The number of aliphatic hydroxyl groups is 2. The third-order valence-corrected chi connectivity index (χ3v) is 10.3. The van der Waals surface area contributed by atoms with Gasteiger partial charge in [0.25, 0.3) is 0 Å². The minimum Gasteiger partial charge on any atom is -0.461 e. The minimum absolute atomic E-state index is 0.0292. The van der Waals surface area contributed by atoms with Crippen molar-refractivity contribution in [2.75, 3.05) is 6.61 Å². The van der Waals surface area contributed by atoms with Crippen LogP contribution in [-0.2, 0) is 14.3 Å². The fourth-order valence-corrected chi connectivity index (χ4v) is 6.63. The molecule has 0 radical (unpaired) electrons. The molecule has 0 aromatic carbocycles. The molecule has 0 heterocycles. The van der Waals surface area contributed by atoms with Gasteiger partial charge in [0.1, 0.15) is 6.10 Å². The molecule has 3 N–H and O–H groups in total. The summed E-state index contributed by atoms with van der Waals surface area (Å²) in [5, 5.41) is 23.6. The first-order valence-electron chi connectivity index (χ1n) is 24.0. The first kappa shape index (κ1) is 55.8. The predicted octanol–water partition coefficient (Wildman–Crippen LogP) is 14.2. The Morgan fingerprint density at radius 2 is 1.00 bits per heavy atom. The summed E-state index contributed by atoms with van der Waals surface area (Å²) < 4.78 is 5.82. The summed E-state index contributed by atoms with van der Waals surface area (Å²) in [5.41, 5.74) is 0. The highest BCUT2D eigenvalue weighted by atomic mass is 16.5. The average Bonchev–Trinajstić information content (AvgIpc) is 3.23. The highest BCUT2D eigenvalue weighted by Gasteiger charge is 2.23. The van der Waals surface area contributed by atoms with Crippen LogP contribution >= 0.6 is 0 Å². The lowest BCUT2D eigenvalue weighted by Gasteiger charge is -2.24. The van der Waals surface area contributed by atoms with Gasteiger partial charge in [0.15, 0.2) is 0 Å². The highest BCUT2D eigenvalue weighted by Crippen LogP contribution is 2.15. The molecular weight excluding hydrogens is 731 g/mol. The molecule has 0 aliphatic heterocycles. The number of amides is 1. The van der Waals surface area contributed by atoms with Crippen molar-refractivity contribution in [3.05, 3.63) is 97.2 Å². The summed E-state index contributed by atoms with van der Waals surface area (Å²) in [6, 6.07) is -0.746. The number of hydrogen-bond acceptors (Lipinski definition) is 5. The molecule has 0 aromatic heterocycles. The highest BCUT2D eigenvalue weighted by molar-refractivity contribution is 5.77. The van der Waals surface area contributed by atoms with Gasteiger partial charge in [0, 0.05) is 12.8 Å². The number of hydrogen-bond donors (Lipinski definition) is 3. The van der Waals surface area contributed by atoms with Crippen molar-refractivity contribution < 1.29 is 24.5 Å². The van der Waals surface area contributed by atoms with E-state index in [1.165, 1.54) is 83.5 Å². The van der Waals surface area contributed by atoms with E-state index < -0.39 is 18.2 Å². The van der Waals surface area contributed by atoms with Gasteiger partial charge in [-0.05, 0) is 57.8 Å². The van der Waals surface area contributed by atoms with Gasteiger partial charge >= 0.3 is 5.97 Å². The largest absolute Gasteiger partial charge is 0.461 e. The van der Waals surface area contributed by atoms with Crippen molar-refractivity contribution in [2.45, 2.75) is 219 Å². The second-order valence-electron chi connectivity index (χ2n) is 15.9. The van der Waals surface area contributed by atoms with Crippen LogP contribution in [0.1, 0.15) is 201 Å². The van der Waals surface area contributed by atoms with Gasteiger partial charge in [-0.15, -0.1) is 0 Å². The fourth-order valence-electron chi connectivity index (χ4n) is 6.63. The van der Waals surface area contributed by atoms with E-state index in [1.807, 2.05) is 54.7 Å². The summed E-state index contributed by atoms with van der Waals surface area (Å²) in [5.74, 6) is -0.632. The van der Waals surface area contributed by atoms with Gasteiger partial charge in [0.2, 0.25) is 5.91 Å². The maximum atomic E-state index is 13.1. The van der Waals surface area contributed by atoms with E-state index in [2.05, 4.69) is 68.6 Å². The first-order valence-corrected chi connectivity index (χ1v) is 24.0. The van der Waals surface area contributed by atoms with Crippen LogP contribution in [0.4, 0.5) is 0 Å². The van der Waals surface area contributed by atoms with E-state index in [9.17, 15) is 19.8 Å². The maximum Gasteiger partial charge on any atom is 0.306 e. The molecule has 6 heteroatoms. The molecule has 0 bridgehead atoms. The Morgan fingerprint density at radius 1 is 0.542 bits per heavy atom. The van der Waals surface area contributed by atoms with Crippen molar-refractivity contribution in [2.24, 2.45) is 0 Å². The van der Waals surface area contributed by atoms with Gasteiger partial charge in [-0.3, -0.25) is 9.59 Å². The van der Waals surface area contributed by atoms with Crippen LogP contribution in [-0.4, -0.2) is 46.9 Å². The molecule has 0 saturated heterocycles. The molecule has 0 rings (SSSR count). The summed E-state index contributed by atoms with van der Waals surface area (Å²) >= 11 is 0. The number of esters is 1. The molecule has 0 spiro atoms. The lowest BCUT2D eigenvalue weighted by Crippen LogP contribution is -2.46. The van der Waals surface area contributed by atoms with Crippen molar-refractivity contribution in [3.8, 4) is 0 Å². The van der Waals surface area contributed by atoms with E-state index in [-0.39, 0.29) is 24.9 Å². The zero-order valence-electron chi connectivity index (χ0n) is 38.1. The minimum atomic E-state index is -0.823. The third-order valence-electron chi connectivity index (χ3n) is 10.3. The molecule has 0 fully saturated rings. The Bertz CT molecular complexity index is 1190. The van der Waals surface area contributed by atoms with E-state index in [4.69, 9.17) is 4.74 Å². The van der Waals surface area contributed by atoms with Crippen LogP contribution in [0.3, 0.4) is 0 Å². The van der Waals surface area contributed by atoms with E-state index in [0.29, 0.717) is 19.3 Å². The molecule has 3 atom stereocenters. The quantitative estimate of drug-likeness (QED) is 0.0247. The van der Waals surface area contributed by atoms with Gasteiger partial charge in [0.05, 0.1) is 25.2 Å². The molecule has 6 nitrogen and oxygen atoms in total. The van der Waals surface area contributed by atoms with E-state index >= 15 is 0 Å². The lowest BCUT2D eigenvalue weighted by atomic mass is 10.0. The molecule has 0 saturated carbocycles. The summed E-state index contributed by atoms with van der Waals surface area (Å²) in [7, 11) is 0. The zero-order valence-corrected chi connectivity index (χ0v) is 38.1. The molecule has 336 valence electrons. The monoisotopic (exact) mass is 820 g/mol. The normalized spacial score (nSPS) is 14.2. The Hall–Kier alpha value is -3.22. The molecule has 0 aromatic rings. The number of nitrogens with one attached hydrogen (secondary N) is 1. The lowest BCUT2D eigenvalue weighted by molar-refractivity contribution is -0.150.